The maximum atomic E-state index is 13.7. The molecule has 132 valence electrons. The first-order valence-electron chi connectivity index (χ1n) is 7.97. The molecule has 1 N–H and O–H groups in total. The van der Waals surface area contributed by atoms with Crippen molar-refractivity contribution in [3.05, 3.63) is 35.4 Å². The number of nitrogens with zero attached hydrogens (tertiary/aromatic N) is 1. The fraction of sp³-hybridized carbons (Fsp3) is 0.562. The first-order valence-corrected chi connectivity index (χ1v) is 9.81. The molecule has 8 heteroatoms. The van der Waals surface area contributed by atoms with Crippen molar-refractivity contribution in [3.8, 4) is 0 Å². The highest BCUT2D eigenvalue weighted by Crippen LogP contribution is 2.48. The van der Waals surface area contributed by atoms with Crippen molar-refractivity contribution < 1.29 is 22.0 Å². The molecule has 1 aliphatic heterocycles. The summed E-state index contributed by atoms with van der Waals surface area (Å²) in [6.07, 6.45) is 3.19. The van der Waals surface area contributed by atoms with Crippen LogP contribution in [0.15, 0.2) is 18.2 Å². The largest absolute Gasteiger partial charge is 0.354 e. The Morgan fingerprint density at radius 1 is 1.38 bits per heavy atom. The molecule has 1 aromatic carbocycles. The lowest BCUT2D eigenvalue weighted by atomic mass is 10.1. The first-order chi connectivity index (χ1) is 11.3. The fourth-order valence-corrected chi connectivity index (χ4v) is 4.61. The van der Waals surface area contributed by atoms with Crippen molar-refractivity contribution in [3.63, 3.8) is 0 Å². The summed E-state index contributed by atoms with van der Waals surface area (Å²) < 4.78 is 51.5. The van der Waals surface area contributed by atoms with Gasteiger partial charge in [0.15, 0.2) is 0 Å². The van der Waals surface area contributed by atoms with Gasteiger partial charge >= 0.3 is 0 Å². The third-order valence-corrected chi connectivity index (χ3v) is 6.08. The second-order valence-corrected chi connectivity index (χ2v) is 8.46. The van der Waals surface area contributed by atoms with E-state index >= 15 is 0 Å². The lowest BCUT2D eigenvalue weighted by Crippen LogP contribution is -2.43. The van der Waals surface area contributed by atoms with E-state index < -0.39 is 21.7 Å². The summed E-state index contributed by atoms with van der Waals surface area (Å²) >= 11 is 0. The molecule has 0 bridgehead atoms. The average Bonchev–Trinajstić information content (AvgIpc) is 3.11. The van der Waals surface area contributed by atoms with E-state index in [2.05, 4.69) is 5.32 Å². The molecule has 3 atom stereocenters. The predicted octanol–water partition coefficient (Wildman–Crippen LogP) is 1.61. The van der Waals surface area contributed by atoms with Gasteiger partial charge < -0.3 is 5.32 Å². The van der Waals surface area contributed by atoms with E-state index in [-0.39, 0.29) is 30.3 Å². The van der Waals surface area contributed by atoms with Gasteiger partial charge in [0.2, 0.25) is 15.9 Å². The number of sulfonamides is 1. The second kappa shape index (κ2) is 6.40. The minimum atomic E-state index is -3.27. The van der Waals surface area contributed by atoms with E-state index in [4.69, 9.17) is 0 Å². The zero-order valence-electron chi connectivity index (χ0n) is 13.3. The monoisotopic (exact) mass is 358 g/mol. The normalized spacial score (nSPS) is 27.2. The van der Waals surface area contributed by atoms with Crippen molar-refractivity contribution in [1.29, 1.82) is 0 Å². The lowest BCUT2D eigenvalue weighted by Gasteiger charge is -2.22. The van der Waals surface area contributed by atoms with Crippen LogP contribution in [0.3, 0.4) is 0 Å². The van der Waals surface area contributed by atoms with E-state index in [1.807, 2.05) is 0 Å². The number of nitrogens with one attached hydrogen (secondary N) is 1. The van der Waals surface area contributed by atoms with Crippen LogP contribution in [0.5, 0.6) is 0 Å². The number of carbonyl (C=O) groups is 1. The summed E-state index contributed by atoms with van der Waals surface area (Å²) in [5.74, 6) is -2.04. The van der Waals surface area contributed by atoms with Crippen LogP contribution in [0.2, 0.25) is 0 Å². The Hall–Kier alpha value is -1.54. The Kier molecular flexibility index (Phi) is 4.61. The first kappa shape index (κ1) is 17.3. The van der Waals surface area contributed by atoms with Crippen LogP contribution >= 0.6 is 0 Å². The van der Waals surface area contributed by atoms with Gasteiger partial charge in [-0.2, -0.15) is 4.31 Å². The molecule has 0 radical (unpaired) electrons. The van der Waals surface area contributed by atoms with Crippen molar-refractivity contribution in [2.75, 3.05) is 19.3 Å². The molecule has 2 fully saturated rings. The van der Waals surface area contributed by atoms with Crippen molar-refractivity contribution in [1.82, 2.24) is 9.62 Å². The number of benzene rings is 1. The molecule has 3 rings (SSSR count). The number of carbonyl (C=O) groups excluding carboxylic acids is 1. The van der Waals surface area contributed by atoms with Gasteiger partial charge in [0, 0.05) is 31.1 Å². The van der Waals surface area contributed by atoms with E-state index in [1.165, 1.54) is 22.7 Å². The smallest absolute Gasteiger partial charge is 0.223 e. The molecule has 1 heterocycles. The summed E-state index contributed by atoms with van der Waals surface area (Å²) in [4.78, 5) is 12.2. The van der Waals surface area contributed by atoms with Gasteiger partial charge in [0.25, 0.3) is 0 Å². The quantitative estimate of drug-likeness (QED) is 0.870. The molecular weight excluding hydrogens is 338 g/mol. The van der Waals surface area contributed by atoms with E-state index in [9.17, 15) is 22.0 Å². The van der Waals surface area contributed by atoms with Crippen LogP contribution in [0.1, 0.15) is 30.7 Å². The van der Waals surface area contributed by atoms with Gasteiger partial charge in [0.05, 0.1) is 6.26 Å². The van der Waals surface area contributed by atoms with Crippen molar-refractivity contribution >= 4 is 15.9 Å². The zero-order valence-corrected chi connectivity index (χ0v) is 14.2. The van der Waals surface area contributed by atoms with Crippen LogP contribution in [0.4, 0.5) is 8.78 Å². The maximum Gasteiger partial charge on any atom is 0.223 e. The minimum Gasteiger partial charge on any atom is -0.354 e. The summed E-state index contributed by atoms with van der Waals surface area (Å²) in [5, 5.41) is 2.78. The van der Waals surface area contributed by atoms with Gasteiger partial charge in [-0.3, -0.25) is 4.79 Å². The molecular formula is C16H20F2N2O3S. The van der Waals surface area contributed by atoms with Crippen LogP contribution in [0.25, 0.3) is 0 Å². The van der Waals surface area contributed by atoms with Crippen molar-refractivity contribution in [2.45, 2.75) is 31.2 Å². The molecule has 1 amide bonds. The number of amides is 1. The molecule has 1 aliphatic carbocycles. The van der Waals surface area contributed by atoms with Crippen molar-refractivity contribution in [2.24, 2.45) is 5.92 Å². The Labute approximate surface area is 140 Å². The Morgan fingerprint density at radius 3 is 2.79 bits per heavy atom. The zero-order chi connectivity index (χ0) is 17.5. The second-order valence-electron chi connectivity index (χ2n) is 6.53. The van der Waals surface area contributed by atoms with Gasteiger partial charge in [-0.1, -0.05) is 6.07 Å². The highest BCUT2D eigenvalue weighted by atomic mass is 32.2. The van der Waals surface area contributed by atoms with Crippen LogP contribution in [0, 0.1) is 17.6 Å². The molecule has 1 saturated carbocycles. The minimum absolute atomic E-state index is 0.205. The molecule has 1 saturated heterocycles. The number of hydrogen-bond donors (Lipinski definition) is 1. The number of hydrogen-bond acceptors (Lipinski definition) is 3. The highest BCUT2D eigenvalue weighted by Gasteiger charge is 2.45. The van der Waals surface area contributed by atoms with Crippen LogP contribution < -0.4 is 5.32 Å². The predicted molar refractivity (Wildman–Crippen MR) is 84.8 cm³/mol. The third-order valence-electron chi connectivity index (χ3n) is 4.75. The molecule has 1 aromatic rings. The third kappa shape index (κ3) is 3.59. The molecule has 0 spiro atoms. The van der Waals surface area contributed by atoms with Crippen LogP contribution in [-0.2, 0) is 14.8 Å². The Balaban J connectivity index is 1.55. The summed E-state index contributed by atoms with van der Waals surface area (Å²) in [6, 6.07) is 3.17. The summed E-state index contributed by atoms with van der Waals surface area (Å²) in [7, 11) is -3.27. The average molecular weight is 358 g/mol. The molecule has 2 aliphatic rings. The van der Waals surface area contributed by atoms with Gasteiger partial charge in [0.1, 0.15) is 11.6 Å². The Bertz CT molecular complexity index is 754. The fourth-order valence-electron chi connectivity index (χ4n) is 3.43. The van der Waals surface area contributed by atoms with Gasteiger partial charge in [-0.05, 0) is 36.8 Å². The summed E-state index contributed by atoms with van der Waals surface area (Å²) in [6.45, 7) is 0.743. The van der Waals surface area contributed by atoms with Gasteiger partial charge in [-0.25, -0.2) is 17.2 Å². The van der Waals surface area contributed by atoms with Crippen LogP contribution in [-0.4, -0.2) is 44.0 Å². The topological polar surface area (TPSA) is 66.5 Å². The summed E-state index contributed by atoms with van der Waals surface area (Å²) in [5.41, 5.74) is 0.357. The Morgan fingerprint density at radius 2 is 2.12 bits per heavy atom. The standard InChI is InChI=1S/C16H20F2N2O3S/c1-24(22,23)20-6-2-3-11(20)9-19-16(21)14-8-13(14)12-5-4-10(17)7-15(12)18/h4-5,7,11,13-14H,2-3,6,8-9H2,1H3,(H,19,21)/t11-,13-,14+/m1/s1. The number of rotatable bonds is 5. The highest BCUT2D eigenvalue weighted by molar-refractivity contribution is 7.88. The SMILES string of the molecule is CS(=O)(=O)N1CCC[C@@H]1CNC(=O)[C@H]1C[C@@H]1c1ccc(F)cc1F. The van der Waals surface area contributed by atoms with E-state index in [0.717, 1.165) is 12.5 Å². The lowest BCUT2D eigenvalue weighted by molar-refractivity contribution is -0.122. The maximum absolute atomic E-state index is 13.7. The molecule has 24 heavy (non-hydrogen) atoms. The molecule has 0 aromatic heterocycles. The van der Waals surface area contributed by atoms with E-state index in [0.29, 0.717) is 24.9 Å². The number of halogens is 2. The molecule has 5 nitrogen and oxygen atoms in total. The molecule has 0 unspecified atom stereocenters. The van der Waals surface area contributed by atoms with Gasteiger partial charge in [-0.15, -0.1) is 0 Å². The van der Waals surface area contributed by atoms with E-state index in [1.54, 1.807) is 0 Å².